The molecule has 1 saturated heterocycles. The Morgan fingerprint density at radius 1 is 1.58 bits per heavy atom. The highest BCUT2D eigenvalue weighted by molar-refractivity contribution is 4.82. The van der Waals surface area contributed by atoms with Crippen LogP contribution in [-0.2, 0) is 4.74 Å². The topological polar surface area (TPSA) is 24.5 Å². The summed E-state index contributed by atoms with van der Waals surface area (Å²) in [5.74, 6) is 0. The van der Waals surface area contributed by atoms with Gasteiger partial charge in [0.15, 0.2) is 0 Å². The van der Waals surface area contributed by atoms with Crippen LogP contribution in [0.15, 0.2) is 0 Å². The zero-order valence-corrected chi connectivity index (χ0v) is 8.34. The lowest BCUT2D eigenvalue weighted by atomic mass is 9.98. The molecular formula is C9H20N2O. The smallest absolute Gasteiger partial charge is 0.0618 e. The van der Waals surface area contributed by atoms with Crippen LogP contribution in [0.2, 0.25) is 0 Å². The normalized spacial score (nSPS) is 32.2. The Labute approximate surface area is 75.1 Å². The first-order valence-corrected chi connectivity index (χ1v) is 4.64. The molecule has 1 fully saturated rings. The minimum Gasteiger partial charge on any atom is -0.383 e. The molecule has 0 saturated carbocycles. The summed E-state index contributed by atoms with van der Waals surface area (Å²) in [7, 11) is 5.99. The van der Waals surface area contributed by atoms with E-state index < -0.39 is 0 Å². The molecule has 2 atom stereocenters. The molecule has 0 radical (unpaired) electrons. The van der Waals surface area contributed by atoms with Gasteiger partial charge in [0.1, 0.15) is 0 Å². The lowest BCUT2D eigenvalue weighted by molar-refractivity contribution is 0.0715. The van der Waals surface area contributed by atoms with Crippen molar-refractivity contribution in [2.45, 2.75) is 24.9 Å². The third-order valence-electron chi connectivity index (χ3n) is 2.78. The number of methoxy groups -OCH3 is 1. The van der Waals surface area contributed by atoms with Gasteiger partial charge in [0, 0.05) is 19.2 Å². The van der Waals surface area contributed by atoms with E-state index in [0.717, 1.165) is 6.61 Å². The maximum atomic E-state index is 5.18. The van der Waals surface area contributed by atoms with E-state index in [0.29, 0.717) is 12.1 Å². The second-order valence-electron chi connectivity index (χ2n) is 3.60. The largest absolute Gasteiger partial charge is 0.383 e. The molecule has 72 valence electrons. The van der Waals surface area contributed by atoms with Crippen LogP contribution in [0.25, 0.3) is 0 Å². The van der Waals surface area contributed by atoms with E-state index in [4.69, 9.17) is 4.74 Å². The van der Waals surface area contributed by atoms with Crippen LogP contribution >= 0.6 is 0 Å². The number of piperidine rings is 1. The fourth-order valence-electron chi connectivity index (χ4n) is 1.82. The van der Waals surface area contributed by atoms with E-state index in [-0.39, 0.29) is 0 Å². The van der Waals surface area contributed by atoms with Crippen LogP contribution in [0.3, 0.4) is 0 Å². The Balaban J connectivity index is 2.36. The number of likely N-dealkylation sites (tertiary alicyclic amines) is 1. The zero-order chi connectivity index (χ0) is 8.97. The number of nitrogens with one attached hydrogen (secondary N) is 1. The molecule has 1 N–H and O–H groups in total. The maximum Gasteiger partial charge on any atom is 0.0618 e. The van der Waals surface area contributed by atoms with Crippen LogP contribution in [0.1, 0.15) is 12.8 Å². The summed E-state index contributed by atoms with van der Waals surface area (Å²) in [5.41, 5.74) is 0. The summed E-state index contributed by atoms with van der Waals surface area (Å²) in [6.07, 6.45) is 2.47. The molecule has 12 heavy (non-hydrogen) atoms. The Morgan fingerprint density at radius 3 is 2.92 bits per heavy atom. The quantitative estimate of drug-likeness (QED) is 0.663. The lowest BCUT2D eigenvalue weighted by Gasteiger charge is -2.36. The number of hydrogen-bond donors (Lipinski definition) is 1. The summed E-state index contributed by atoms with van der Waals surface area (Å²) in [5, 5.41) is 3.33. The molecule has 0 aliphatic carbocycles. The van der Waals surface area contributed by atoms with E-state index in [1.54, 1.807) is 7.11 Å². The number of ether oxygens (including phenoxy) is 1. The highest BCUT2D eigenvalue weighted by Gasteiger charge is 2.24. The van der Waals surface area contributed by atoms with Crippen LogP contribution in [0, 0.1) is 0 Å². The van der Waals surface area contributed by atoms with Crippen molar-refractivity contribution in [1.82, 2.24) is 10.2 Å². The van der Waals surface area contributed by atoms with E-state index in [9.17, 15) is 0 Å². The van der Waals surface area contributed by atoms with Crippen molar-refractivity contribution in [3.63, 3.8) is 0 Å². The zero-order valence-electron chi connectivity index (χ0n) is 8.34. The number of rotatable bonds is 3. The Morgan fingerprint density at radius 2 is 2.33 bits per heavy atom. The Bertz CT molecular complexity index is 130. The molecule has 0 bridgehead atoms. The standard InChI is InChI=1S/C9H20N2O/c1-10-8-4-5-11(2)9(6-8)7-12-3/h8-10H,4-7H2,1-3H3. The van der Waals surface area contributed by atoms with Gasteiger partial charge in [-0.15, -0.1) is 0 Å². The van der Waals surface area contributed by atoms with E-state index >= 15 is 0 Å². The summed E-state index contributed by atoms with van der Waals surface area (Å²) in [6.45, 7) is 2.04. The first-order chi connectivity index (χ1) is 5.77. The monoisotopic (exact) mass is 172 g/mol. The molecule has 3 nitrogen and oxygen atoms in total. The predicted molar refractivity (Wildman–Crippen MR) is 50.4 cm³/mol. The average Bonchev–Trinajstić information content (AvgIpc) is 2.09. The first-order valence-electron chi connectivity index (χ1n) is 4.64. The predicted octanol–water partition coefficient (Wildman–Crippen LogP) is 0.315. The molecule has 1 aliphatic rings. The van der Waals surface area contributed by atoms with Gasteiger partial charge in [0.2, 0.25) is 0 Å². The summed E-state index contributed by atoms with van der Waals surface area (Å²) in [6, 6.07) is 1.28. The van der Waals surface area contributed by atoms with Crippen molar-refractivity contribution in [3.05, 3.63) is 0 Å². The van der Waals surface area contributed by atoms with Gasteiger partial charge in [-0.25, -0.2) is 0 Å². The summed E-state index contributed by atoms with van der Waals surface area (Å²) in [4.78, 5) is 2.39. The second kappa shape index (κ2) is 4.80. The highest BCUT2D eigenvalue weighted by Crippen LogP contribution is 2.15. The van der Waals surface area contributed by atoms with Crippen LogP contribution in [-0.4, -0.2) is 51.3 Å². The minimum atomic E-state index is 0.598. The molecule has 1 heterocycles. The van der Waals surface area contributed by atoms with Crippen LogP contribution in [0.5, 0.6) is 0 Å². The molecule has 0 aromatic rings. The van der Waals surface area contributed by atoms with Crippen LogP contribution < -0.4 is 5.32 Å². The summed E-state index contributed by atoms with van der Waals surface area (Å²) >= 11 is 0. The molecule has 0 amide bonds. The first kappa shape index (κ1) is 9.96. The van der Waals surface area contributed by atoms with Gasteiger partial charge >= 0.3 is 0 Å². The van der Waals surface area contributed by atoms with Gasteiger partial charge in [-0.05, 0) is 33.5 Å². The molecule has 1 rings (SSSR count). The van der Waals surface area contributed by atoms with Crippen molar-refractivity contribution >= 4 is 0 Å². The molecule has 2 unspecified atom stereocenters. The van der Waals surface area contributed by atoms with Gasteiger partial charge in [-0.3, -0.25) is 0 Å². The van der Waals surface area contributed by atoms with Crippen molar-refractivity contribution in [2.24, 2.45) is 0 Å². The highest BCUT2D eigenvalue weighted by atomic mass is 16.5. The molecule has 3 heteroatoms. The molecule has 0 aromatic heterocycles. The van der Waals surface area contributed by atoms with Crippen molar-refractivity contribution in [2.75, 3.05) is 34.4 Å². The molecular weight excluding hydrogens is 152 g/mol. The fraction of sp³-hybridized carbons (Fsp3) is 1.00. The number of likely N-dealkylation sites (N-methyl/N-ethyl adjacent to an activating group) is 1. The Hall–Kier alpha value is -0.120. The maximum absolute atomic E-state index is 5.18. The minimum absolute atomic E-state index is 0.598. The average molecular weight is 172 g/mol. The van der Waals surface area contributed by atoms with Gasteiger partial charge in [-0.1, -0.05) is 0 Å². The molecule has 1 aliphatic heterocycles. The third kappa shape index (κ3) is 2.44. The van der Waals surface area contributed by atoms with E-state index in [1.807, 2.05) is 7.05 Å². The SMILES string of the molecule is CNC1CCN(C)C(COC)C1. The van der Waals surface area contributed by atoms with E-state index in [1.165, 1.54) is 19.4 Å². The van der Waals surface area contributed by atoms with Crippen molar-refractivity contribution < 1.29 is 4.74 Å². The van der Waals surface area contributed by atoms with Crippen molar-refractivity contribution in [1.29, 1.82) is 0 Å². The number of nitrogens with zero attached hydrogens (tertiary/aromatic N) is 1. The lowest BCUT2D eigenvalue weighted by Crippen LogP contribution is -2.47. The molecule has 0 aromatic carbocycles. The van der Waals surface area contributed by atoms with Gasteiger partial charge < -0.3 is 15.0 Å². The molecule has 0 spiro atoms. The van der Waals surface area contributed by atoms with Gasteiger partial charge in [0.05, 0.1) is 6.61 Å². The number of hydrogen-bond acceptors (Lipinski definition) is 3. The van der Waals surface area contributed by atoms with E-state index in [2.05, 4.69) is 17.3 Å². The second-order valence-corrected chi connectivity index (χ2v) is 3.60. The van der Waals surface area contributed by atoms with Gasteiger partial charge in [0.25, 0.3) is 0 Å². The third-order valence-corrected chi connectivity index (χ3v) is 2.78. The fourth-order valence-corrected chi connectivity index (χ4v) is 1.82. The van der Waals surface area contributed by atoms with Crippen molar-refractivity contribution in [3.8, 4) is 0 Å². The van der Waals surface area contributed by atoms with Crippen LogP contribution in [0.4, 0.5) is 0 Å². The Kier molecular flexibility index (Phi) is 3.98. The van der Waals surface area contributed by atoms with Gasteiger partial charge in [-0.2, -0.15) is 0 Å². The summed E-state index contributed by atoms with van der Waals surface area (Å²) < 4.78 is 5.18.